The lowest BCUT2D eigenvalue weighted by Crippen LogP contribution is -2.74. The van der Waals surface area contributed by atoms with E-state index in [-0.39, 0.29) is 0 Å². The van der Waals surface area contributed by atoms with E-state index in [1.165, 1.54) is 52.8 Å². The van der Waals surface area contributed by atoms with Crippen molar-refractivity contribution in [2.75, 3.05) is 4.90 Å². The maximum absolute atomic E-state index is 6.90. The van der Waals surface area contributed by atoms with Gasteiger partial charge in [0.1, 0.15) is 11.5 Å². The molecule has 2 nitrogen and oxygen atoms in total. The minimum atomic E-state index is -2.75. The van der Waals surface area contributed by atoms with Crippen molar-refractivity contribution in [2.45, 2.75) is 15.2 Å². The molecule has 0 unspecified atom stereocenters. The first-order valence-corrected chi connectivity index (χ1v) is 25.1. The predicted molar refractivity (Wildman–Crippen MR) is 273 cm³/mol. The van der Waals surface area contributed by atoms with Crippen LogP contribution in [0.4, 0.5) is 17.1 Å². The van der Waals surface area contributed by atoms with E-state index >= 15 is 0 Å². The Labute approximate surface area is 386 Å². The van der Waals surface area contributed by atoms with Crippen molar-refractivity contribution in [3.63, 3.8) is 0 Å². The van der Waals surface area contributed by atoms with Crippen LogP contribution in [0, 0.1) is 0 Å². The number of rotatable bonds is 8. The molecule has 65 heavy (non-hydrogen) atoms. The summed E-state index contributed by atoms with van der Waals surface area (Å²) in [5.74, 6) is 1.75. The van der Waals surface area contributed by atoms with Crippen LogP contribution in [0.2, 0.25) is 0 Å². The maximum Gasteiger partial charge on any atom is 0.179 e. The normalized spacial score (nSPS) is 13.1. The van der Waals surface area contributed by atoms with Crippen LogP contribution in [-0.2, 0) is 5.41 Å². The molecular weight excluding hydrogens is 823 g/mol. The largest absolute Gasteiger partial charge is 0.457 e. The van der Waals surface area contributed by atoms with Gasteiger partial charge in [0.2, 0.25) is 0 Å². The summed E-state index contributed by atoms with van der Waals surface area (Å²) >= 11 is 1.85. The van der Waals surface area contributed by atoms with Gasteiger partial charge in [0.15, 0.2) is 8.07 Å². The molecule has 0 aliphatic carbocycles. The van der Waals surface area contributed by atoms with E-state index in [0.29, 0.717) is 0 Å². The highest BCUT2D eigenvalue weighted by Crippen LogP contribution is 2.62. The van der Waals surface area contributed by atoms with Crippen molar-refractivity contribution in [1.29, 1.82) is 0 Å². The summed E-state index contributed by atoms with van der Waals surface area (Å²) in [5, 5.41) is 5.38. The number of nitrogens with zero attached hydrogens (tertiary/aromatic N) is 1. The molecule has 0 saturated heterocycles. The molecule has 0 N–H and O–H groups in total. The molecule has 4 heteroatoms. The Balaban J connectivity index is 1.08. The molecular formula is C61H43NOSSi. The molecule has 2 aliphatic heterocycles. The molecule has 0 amide bonds. The zero-order valence-corrected chi connectivity index (χ0v) is 37.4. The molecule has 2 aliphatic rings. The summed E-state index contributed by atoms with van der Waals surface area (Å²) in [5.41, 5.74) is 9.77. The fourth-order valence-electron chi connectivity index (χ4n) is 10.5. The van der Waals surface area contributed by atoms with E-state index in [2.05, 4.69) is 266 Å². The van der Waals surface area contributed by atoms with Crippen molar-refractivity contribution >= 4 is 57.6 Å². The molecule has 1 spiro atoms. The second-order valence-electron chi connectivity index (χ2n) is 16.8. The SMILES string of the molecule is c1ccc(-c2ccc(N(c3ccc([Si](c4ccccc4)(c4ccccc4)c4ccccc4)cc3)c3ccc4c(c3)C3(c5ccccc5O4)c4ccccc4Sc4ccccc43)cc2)cc1. The third-order valence-electron chi connectivity index (χ3n) is 13.3. The Morgan fingerprint density at radius 2 is 0.723 bits per heavy atom. The zero-order valence-electron chi connectivity index (χ0n) is 35.6. The van der Waals surface area contributed by atoms with Gasteiger partial charge < -0.3 is 9.64 Å². The minimum Gasteiger partial charge on any atom is -0.457 e. The second-order valence-corrected chi connectivity index (χ2v) is 21.7. The van der Waals surface area contributed by atoms with Gasteiger partial charge in [-0.1, -0.05) is 212 Å². The fraction of sp³-hybridized carbons (Fsp3) is 0.0164. The summed E-state index contributed by atoms with van der Waals surface area (Å²) in [6.45, 7) is 0. The van der Waals surface area contributed by atoms with E-state index in [1.54, 1.807) is 0 Å². The number of benzene rings is 10. The predicted octanol–water partition coefficient (Wildman–Crippen LogP) is 13.2. The van der Waals surface area contributed by atoms with Gasteiger partial charge in [-0.2, -0.15) is 0 Å². The summed E-state index contributed by atoms with van der Waals surface area (Å²) in [6, 6.07) is 95.8. The number of anilines is 3. The lowest BCUT2D eigenvalue weighted by Gasteiger charge is -2.45. The molecule has 0 fully saturated rings. The summed E-state index contributed by atoms with van der Waals surface area (Å²) < 4.78 is 6.90. The van der Waals surface area contributed by atoms with Crippen molar-refractivity contribution in [3.8, 4) is 22.6 Å². The molecule has 0 radical (unpaired) electrons. The van der Waals surface area contributed by atoms with Gasteiger partial charge in [-0.3, -0.25) is 0 Å². The highest BCUT2D eigenvalue weighted by molar-refractivity contribution is 7.99. The quantitative estimate of drug-likeness (QED) is 0.112. The third kappa shape index (κ3) is 6.32. The van der Waals surface area contributed by atoms with Crippen LogP contribution in [-0.4, -0.2) is 8.07 Å². The topological polar surface area (TPSA) is 12.5 Å². The Morgan fingerprint density at radius 3 is 1.28 bits per heavy atom. The lowest BCUT2D eigenvalue weighted by atomic mass is 9.63. The van der Waals surface area contributed by atoms with Crippen molar-refractivity contribution in [1.82, 2.24) is 0 Å². The van der Waals surface area contributed by atoms with Gasteiger partial charge in [0.25, 0.3) is 0 Å². The summed E-state index contributed by atoms with van der Waals surface area (Å²) in [7, 11) is -2.75. The van der Waals surface area contributed by atoms with Crippen LogP contribution in [0.25, 0.3) is 11.1 Å². The van der Waals surface area contributed by atoms with Crippen LogP contribution < -0.4 is 30.4 Å². The standard InChI is InChI=1S/C61H43NOSSi/c1-5-19-44(20-6-1)45-33-35-46(36-34-45)62(47-37-40-52(41-38-47)65(49-21-7-2-8-22-49,50-23-9-3-10-24-50)51-25-11-4-12-26-51)48-39-42-58-56(43-48)61(53-27-13-16-30-57(53)63-58)54-28-14-17-31-59(54)64-60-32-18-15-29-55(60)61/h1-43H. The number of fused-ring (bicyclic) bond motifs is 8. The molecule has 0 saturated carbocycles. The zero-order chi connectivity index (χ0) is 43.2. The molecule has 10 aromatic rings. The molecule has 2 heterocycles. The van der Waals surface area contributed by atoms with E-state index in [1.807, 2.05) is 11.8 Å². The number of ether oxygens (including phenoxy) is 1. The Kier molecular flexibility index (Phi) is 9.70. The van der Waals surface area contributed by atoms with E-state index < -0.39 is 13.5 Å². The van der Waals surface area contributed by atoms with Crippen molar-refractivity contribution in [2.24, 2.45) is 0 Å². The number of para-hydroxylation sites is 1. The van der Waals surface area contributed by atoms with Crippen LogP contribution in [0.1, 0.15) is 22.3 Å². The van der Waals surface area contributed by atoms with Gasteiger partial charge >= 0.3 is 0 Å². The molecule has 0 aromatic heterocycles. The monoisotopic (exact) mass is 865 g/mol. The fourth-order valence-corrected chi connectivity index (χ4v) is 16.5. The van der Waals surface area contributed by atoms with Gasteiger partial charge in [-0.15, -0.1) is 0 Å². The summed E-state index contributed by atoms with van der Waals surface area (Å²) in [4.78, 5) is 4.93. The number of hydrogen-bond donors (Lipinski definition) is 0. The average molecular weight is 866 g/mol. The van der Waals surface area contributed by atoms with Crippen molar-refractivity contribution < 1.29 is 4.74 Å². The third-order valence-corrected chi connectivity index (χ3v) is 19.3. The lowest BCUT2D eigenvalue weighted by molar-refractivity contribution is 0.431. The number of hydrogen-bond acceptors (Lipinski definition) is 3. The maximum atomic E-state index is 6.90. The minimum absolute atomic E-state index is 0.614. The van der Waals surface area contributed by atoms with Gasteiger partial charge in [-0.05, 0) is 104 Å². The van der Waals surface area contributed by atoms with Gasteiger partial charge in [0, 0.05) is 38.0 Å². The van der Waals surface area contributed by atoms with Crippen LogP contribution >= 0.6 is 11.8 Å². The highest BCUT2D eigenvalue weighted by atomic mass is 32.2. The Bertz CT molecular complexity index is 3100. The van der Waals surface area contributed by atoms with Gasteiger partial charge in [-0.25, -0.2) is 0 Å². The Morgan fingerprint density at radius 1 is 0.323 bits per heavy atom. The first-order chi connectivity index (χ1) is 32.2. The Hall–Kier alpha value is -7.63. The van der Waals surface area contributed by atoms with E-state index in [9.17, 15) is 0 Å². The molecule has 308 valence electrons. The summed E-state index contributed by atoms with van der Waals surface area (Å²) in [6.07, 6.45) is 0. The molecule has 0 bridgehead atoms. The van der Waals surface area contributed by atoms with Crippen molar-refractivity contribution in [3.05, 3.63) is 283 Å². The smallest absolute Gasteiger partial charge is 0.179 e. The molecule has 10 aromatic carbocycles. The highest BCUT2D eigenvalue weighted by Gasteiger charge is 2.50. The van der Waals surface area contributed by atoms with E-state index in [0.717, 1.165) is 39.7 Å². The molecule has 12 rings (SSSR count). The first-order valence-electron chi connectivity index (χ1n) is 22.2. The van der Waals surface area contributed by atoms with E-state index in [4.69, 9.17) is 4.74 Å². The first kappa shape index (κ1) is 39.0. The molecule has 0 atom stereocenters. The van der Waals surface area contributed by atoms with Crippen LogP contribution in [0.5, 0.6) is 11.5 Å². The van der Waals surface area contributed by atoms with Gasteiger partial charge in [0.05, 0.1) is 5.41 Å². The second kappa shape index (κ2) is 16.2. The van der Waals surface area contributed by atoms with Crippen LogP contribution in [0.3, 0.4) is 0 Å². The van der Waals surface area contributed by atoms with Crippen LogP contribution in [0.15, 0.2) is 271 Å². The average Bonchev–Trinajstić information content (AvgIpc) is 3.38.